The first-order chi connectivity index (χ1) is 9.65. The summed E-state index contributed by atoms with van der Waals surface area (Å²) in [6.07, 6.45) is 1.04. The molecule has 1 unspecified atom stereocenters. The lowest BCUT2D eigenvalue weighted by atomic mass is 10.1. The van der Waals surface area contributed by atoms with Gasteiger partial charge in [0.25, 0.3) is 5.91 Å². The summed E-state index contributed by atoms with van der Waals surface area (Å²) in [6, 6.07) is 8.29. The fraction of sp³-hybridized carbons (Fsp3) is 0.562. The topological polar surface area (TPSA) is 41.6 Å². The molecule has 0 spiro atoms. The van der Waals surface area contributed by atoms with Crippen molar-refractivity contribution in [2.45, 2.75) is 33.2 Å². The van der Waals surface area contributed by atoms with E-state index in [0.29, 0.717) is 6.04 Å². The Morgan fingerprint density at radius 1 is 1.20 bits per heavy atom. The number of amides is 1. The first-order valence-electron chi connectivity index (χ1n) is 7.33. The summed E-state index contributed by atoms with van der Waals surface area (Å²) in [5.74, 6) is 0.765. The monoisotopic (exact) mass is 278 g/mol. The lowest BCUT2D eigenvalue weighted by molar-refractivity contribution is -0.132. The summed E-state index contributed by atoms with van der Waals surface area (Å²) in [5, 5.41) is 3.27. The van der Waals surface area contributed by atoms with E-state index in [2.05, 4.69) is 12.2 Å². The van der Waals surface area contributed by atoms with Crippen molar-refractivity contribution in [2.24, 2.45) is 0 Å². The van der Waals surface area contributed by atoms with Crippen molar-refractivity contribution in [3.63, 3.8) is 0 Å². The van der Waals surface area contributed by atoms with Crippen LogP contribution in [0.25, 0.3) is 0 Å². The minimum atomic E-state index is 0.0285. The summed E-state index contributed by atoms with van der Waals surface area (Å²) >= 11 is 0. The van der Waals surface area contributed by atoms with Crippen LogP contribution in [0, 0.1) is 0 Å². The second kappa shape index (κ2) is 8.59. The van der Waals surface area contributed by atoms with Crippen LogP contribution in [-0.4, -0.2) is 37.6 Å². The number of hydrogen-bond acceptors (Lipinski definition) is 3. The number of carbonyl (C=O) groups excluding carboxylic acids is 1. The number of carbonyl (C=O) groups is 1. The summed E-state index contributed by atoms with van der Waals surface area (Å²) in [4.78, 5) is 13.6. The molecule has 0 saturated carbocycles. The molecule has 0 aliphatic heterocycles. The Labute approximate surface area is 122 Å². The Kier molecular flexibility index (Phi) is 7.09. The molecule has 4 heteroatoms. The molecule has 1 atom stereocenters. The van der Waals surface area contributed by atoms with Gasteiger partial charge in [-0.25, -0.2) is 0 Å². The highest BCUT2D eigenvalue weighted by molar-refractivity contribution is 5.77. The second-order valence-corrected chi connectivity index (χ2v) is 4.67. The van der Waals surface area contributed by atoms with E-state index in [0.717, 1.165) is 25.3 Å². The Hall–Kier alpha value is -1.55. The van der Waals surface area contributed by atoms with Gasteiger partial charge in [-0.2, -0.15) is 0 Å². The number of nitrogens with zero attached hydrogens (tertiary/aromatic N) is 1. The fourth-order valence-corrected chi connectivity index (χ4v) is 2.22. The van der Waals surface area contributed by atoms with Crippen molar-refractivity contribution in [3.05, 3.63) is 29.8 Å². The number of rotatable bonds is 8. The third-order valence-corrected chi connectivity index (χ3v) is 3.52. The molecular formula is C16H26N2O2. The van der Waals surface area contributed by atoms with Crippen LogP contribution in [-0.2, 0) is 4.79 Å². The van der Waals surface area contributed by atoms with E-state index in [-0.39, 0.29) is 12.5 Å². The zero-order chi connectivity index (χ0) is 15.0. The van der Waals surface area contributed by atoms with Gasteiger partial charge in [-0.15, -0.1) is 0 Å². The smallest absolute Gasteiger partial charge is 0.260 e. The molecule has 1 N–H and O–H groups in total. The van der Waals surface area contributed by atoms with Crippen LogP contribution in [0.4, 0.5) is 0 Å². The molecule has 0 radical (unpaired) electrons. The van der Waals surface area contributed by atoms with Gasteiger partial charge in [-0.05, 0) is 45.0 Å². The molecule has 0 aliphatic rings. The Bertz CT molecular complexity index is 395. The van der Waals surface area contributed by atoms with Crippen molar-refractivity contribution >= 4 is 5.91 Å². The molecule has 1 rings (SSSR count). The number of benzene rings is 1. The molecule has 0 saturated heterocycles. The van der Waals surface area contributed by atoms with Gasteiger partial charge in [0, 0.05) is 19.1 Å². The van der Waals surface area contributed by atoms with Gasteiger partial charge in [0.1, 0.15) is 5.75 Å². The Morgan fingerprint density at radius 2 is 1.80 bits per heavy atom. The van der Waals surface area contributed by atoms with Crippen LogP contribution in [0.3, 0.4) is 0 Å². The molecule has 1 amide bonds. The maximum atomic E-state index is 11.8. The molecule has 1 aromatic carbocycles. The second-order valence-electron chi connectivity index (χ2n) is 4.67. The number of nitrogens with one attached hydrogen (secondary N) is 1. The first-order valence-corrected chi connectivity index (χ1v) is 7.33. The molecule has 0 fully saturated rings. The Morgan fingerprint density at radius 3 is 2.25 bits per heavy atom. The highest BCUT2D eigenvalue weighted by atomic mass is 16.5. The molecule has 20 heavy (non-hydrogen) atoms. The number of likely N-dealkylation sites (N-methyl/N-ethyl adjacent to an activating group) is 1. The lowest BCUT2D eigenvalue weighted by Crippen LogP contribution is -2.34. The molecular weight excluding hydrogens is 252 g/mol. The summed E-state index contributed by atoms with van der Waals surface area (Å²) in [6.45, 7) is 7.63. The minimum absolute atomic E-state index is 0.0285. The van der Waals surface area contributed by atoms with Gasteiger partial charge < -0.3 is 15.0 Å². The van der Waals surface area contributed by atoms with Gasteiger partial charge in [0.2, 0.25) is 0 Å². The van der Waals surface area contributed by atoms with Gasteiger partial charge >= 0.3 is 0 Å². The normalized spacial score (nSPS) is 12.0. The van der Waals surface area contributed by atoms with E-state index in [4.69, 9.17) is 4.74 Å². The highest BCUT2D eigenvalue weighted by Gasteiger charge is 2.10. The third-order valence-electron chi connectivity index (χ3n) is 3.52. The van der Waals surface area contributed by atoms with Gasteiger partial charge in [-0.1, -0.05) is 19.1 Å². The zero-order valence-corrected chi connectivity index (χ0v) is 13.0. The summed E-state index contributed by atoms with van der Waals surface area (Å²) < 4.78 is 5.54. The molecule has 1 aromatic rings. The van der Waals surface area contributed by atoms with Crippen molar-refractivity contribution < 1.29 is 9.53 Å². The third kappa shape index (κ3) is 4.53. The molecule has 0 aliphatic carbocycles. The van der Waals surface area contributed by atoms with Crippen LogP contribution in [0.5, 0.6) is 5.75 Å². The number of hydrogen-bond donors (Lipinski definition) is 1. The predicted molar refractivity (Wildman–Crippen MR) is 82.0 cm³/mol. The van der Waals surface area contributed by atoms with E-state index in [1.54, 1.807) is 4.90 Å². The lowest BCUT2D eigenvalue weighted by Gasteiger charge is -2.19. The average Bonchev–Trinajstić information content (AvgIpc) is 2.49. The van der Waals surface area contributed by atoms with Crippen LogP contribution in [0.15, 0.2) is 24.3 Å². The van der Waals surface area contributed by atoms with Crippen LogP contribution in [0.2, 0.25) is 0 Å². The van der Waals surface area contributed by atoms with E-state index < -0.39 is 0 Å². The summed E-state index contributed by atoms with van der Waals surface area (Å²) in [7, 11) is 1.96. The minimum Gasteiger partial charge on any atom is -0.484 e. The highest BCUT2D eigenvalue weighted by Crippen LogP contribution is 2.19. The van der Waals surface area contributed by atoms with Crippen LogP contribution in [0.1, 0.15) is 38.8 Å². The van der Waals surface area contributed by atoms with E-state index >= 15 is 0 Å². The van der Waals surface area contributed by atoms with Gasteiger partial charge in [0.15, 0.2) is 6.61 Å². The molecule has 0 heterocycles. The Balaban J connectivity index is 2.55. The van der Waals surface area contributed by atoms with Crippen molar-refractivity contribution in [1.82, 2.24) is 10.2 Å². The van der Waals surface area contributed by atoms with E-state index in [1.807, 2.05) is 45.2 Å². The average molecular weight is 278 g/mol. The fourth-order valence-electron chi connectivity index (χ4n) is 2.22. The first kappa shape index (κ1) is 16.5. The largest absolute Gasteiger partial charge is 0.484 e. The molecule has 4 nitrogen and oxygen atoms in total. The van der Waals surface area contributed by atoms with Crippen LogP contribution >= 0.6 is 0 Å². The van der Waals surface area contributed by atoms with Gasteiger partial charge in [-0.3, -0.25) is 4.79 Å². The maximum absolute atomic E-state index is 11.8. The van der Waals surface area contributed by atoms with Crippen LogP contribution < -0.4 is 10.1 Å². The number of ether oxygens (including phenoxy) is 1. The maximum Gasteiger partial charge on any atom is 0.260 e. The quantitative estimate of drug-likeness (QED) is 0.794. The zero-order valence-electron chi connectivity index (χ0n) is 13.0. The molecule has 0 bridgehead atoms. The van der Waals surface area contributed by atoms with E-state index in [1.165, 1.54) is 5.56 Å². The predicted octanol–water partition coefficient (Wildman–Crippen LogP) is 2.60. The standard InChI is InChI=1S/C16H26N2O2/c1-5-15(17-4)13-8-10-14(11-9-13)20-12-16(19)18(6-2)7-3/h8-11,15,17H,5-7,12H2,1-4H3. The SMILES string of the molecule is CCC(NC)c1ccc(OCC(=O)N(CC)CC)cc1. The molecule has 112 valence electrons. The van der Waals surface area contributed by atoms with Crippen molar-refractivity contribution in [3.8, 4) is 5.75 Å². The molecule has 0 aromatic heterocycles. The van der Waals surface area contributed by atoms with Crippen molar-refractivity contribution in [2.75, 3.05) is 26.7 Å². The van der Waals surface area contributed by atoms with E-state index in [9.17, 15) is 4.79 Å². The van der Waals surface area contributed by atoms with Gasteiger partial charge in [0.05, 0.1) is 0 Å². The summed E-state index contributed by atoms with van der Waals surface area (Å²) in [5.41, 5.74) is 1.23. The van der Waals surface area contributed by atoms with Crippen molar-refractivity contribution in [1.29, 1.82) is 0 Å².